The summed E-state index contributed by atoms with van der Waals surface area (Å²) in [7, 11) is 1.61. The van der Waals surface area contributed by atoms with Crippen molar-refractivity contribution < 1.29 is 9.66 Å². The smallest absolute Gasteiger partial charge is 0.292 e. The molecule has 104 valence electrons. The Balaban J connectivity index is 2.19. The summed E-state index contributed by atoms with van der Waals surface area (Å²) in [5.74, 6) is 1.33. The normalized spacial score (nSPS) is 10.2. The second kappa shape index (κ2) is 6.29. The van der Waals surface area contributed by atoms with Gasteiger partial charge in [0.15, 0.2) is 0 Å². The zero-order valence-electron chi connectivity index (χ0n) is 10.9. The van der Waals surface area contributed by atoms with E-state index in [4.69, 9.17) is 10.5 Å². The van der Waals surface area contributed by atoms with E-state index in [0.29, 0.717) is 5.75 Å². The summed E-state index contributed by atoms with van der Waals surface area (Å²) in [5, 5.41) is 10.8. The monoisotopic (exact) mass is 290 g/mol. The Morgan fingerprint density at radius 1 is 1.25 bits per heavy atom. The molecule has 0 heterocycles. The van der Waals surface area contributed by atoms with Gasteiger partial charge in [-0.05, 0) is 17.7 Å². The first kappa shape index (κ1) is 14.2. The molecule has 0 bridgehead atoms. The Kier molecular flexibility index (Phi) is 4.47. The highest BCUT2D eigenvalue weighted by atomic mass is 32.2. The number of ether oxygens (including phenoxy) is 1. The molecule has 0 aliphatic rings. The average Bonchev–Trinajstić information content (AvgIpc) is 2.46. The molecule has 0 atom stereocenters. The summed E-state index contributed by atoms with van der Waals surface area (Å²) in [5.41, 5.74) is 6.75. The molecule has 0 aliphatic carbocycles. The topological polar surface area (TPSA) is 78.4 Å². The molecule has 2 rings (SSSR count). The van der Waals surface area contributed by atoms with Gasteiger partial charge in [-0.3, -0.25) is 10.1 Å². The van der Waals surface area contributed by atoms with Crippen LogP contribution in [0, 0.1) is 10.1 Å². The van der Waals surface area contributed by atoms with Gasteiger partial charge in [0.05, 0.1) is 12.0 Å². The van der Waals surface area contributed by atoms with Gasteiger partial charge in [0.25, 0.3) is 5.69 Å². The zero-order chi connectivity index (χ0) is 14.5. The first-order chi connectivity index (χ1) is 9.63. The van der Waals surface area contributed by atoms with Crippen molar-refractivity contribution in [3.63, 3.8) is 0 Å². The molecule has 5 nitrogen and oxygen atoms in total. The summed E-state index contributed by atoms with van der Waals surface area (Å²) in [4.78, 5) is 11.4. The third-order valence-corrected chi connectivity index (χ3v) is 3.93. The number of nitro benzene ring substituents is 1. The van der Waals surface area contributed by atoms with Gasteiger partial charge in [-0.25, -0.2) is 0 Å². The fraction of sp³-hybridized carbons (Fsp3) is 0.143. The van der Waals surface area contributed by atoms with Crippen molar-refractivity contribution in [1.29, 1.82) is 0 Å². The molecule has 2 N–H and O–H groups in total. The quantitative estimate of drug-likeness (QED) is 0.395. The number of anilines is 1. The predicted molar refractivity (Wildman–Crippen MR) is 80.1 cm³/mol. The van der Waals surface area contributed by atoms with E-state index >= 15 is 0 Å². The molecule has 6 heteroatoms. The lowest BCUT2D eigenvalue weighted by Gasteiger charge is -2.09. The van der Waals surface area contributed by atoms with E-state index in [1.165, 1.54) is 17.8 Å². The summed E-state index contributed by atoms with van der Waals surface area (Å²) in [6.07, 6.45) is 0. The van der Waals surface area contributed by atoms with Crippen molar-refractivity contribution in [2.45, 2.75) is 10.6 Å². The van der Waals surface area contributed by atoms with Crippen LogP contribution in [0.25, 0.3) is 0 Å². The second-order valence-corrected chi connectivity index (χ2v) is 5.06. The lowest BCUT2D eigenvalue weighted by Crippen LogP contribution is -1.99. The lowest BCUT2D eigenvalue weighted by atomic mass is 10.2. The second-order valence-electron chi connectivity index (χ2n) is 4.05. The van der Waals surface area contributed by atoms with Crippen LogP contribution in [0.4, 0.5) is 11.4 Å². The van der Waals surface area contributed by atoms with Crippen LogP contribution in [0.15, 0.2) is 47.4 Å². The number of methoxy groups -OCH3 is 1. The fourth-order valence-electron chi connectivity index (χ4n) is 1.78. The number of nitrogens with zero attached hydrogens (tertiary/aromatic N) is 1. The number of hydrogen-bond donors (Lipinski definition) is 1. The molecule has 0 fully saturated rings. The maximum Gasteiger partial charge on any atom is 0.292 e. The van der Waals surface area contributed by atoms with Crippen LogP contribution in [0.2, 0.25) is 0 Å². The first-order valence-corrected chi connectivity index (χ1v) is 6.89. The highest BCUT2D eigenvalue weighted by molar-refractivity contribution is 7.98. The molecule has 0 saturated heterocycles. The van der Waals surface area contributed by atoms with E-state index in [1.54, 1.807) is 19.2 Å². The Bertz CT molecular complexity index is 632. The SMILES string of the molecule is COc1ccccc1SCc1cccc([N+](=O)[O-])c1N. The van der Waals surface area contributed by atoms with Crippen molar-refractivity contribution in [3.8, 4) is 5.75 Å². The van der Waals surface area contributed by atoms with E-state index in [2.05, 4.69) is 0 Å². The summed E-state index contributed by atoms with van der Waals surface area (Å²) in [6, 6.07) is 12.5. The van der Waals surface area contributed by atoms with Crippen LogP contribution in [0.5, 0.6) is 5.75 Å². The van der Waals surface area contributed by atoms with Gasteiger partial charge in [0.1, 0.15) is 11.4 Å². The van der Waals surface area contributed by atoms with Crippen LogP contribution in [0.3, 0.4) is 0 Å². The minimum Gasteiger partial charge on any atom is -0.496 e. The van der Waals surface area contributed by atoms with E-state index in [-0.39, 0.29) is 11.4 Å². The molecule has 0 aromatic heterocycles. The number of rotatable bonds is 5. The van der Waals surface area contributed by atoms with Crippen molar-refractivity contribution in [3.05, 3.63) is 58.1 Å². The largest absolute Gasteiger partial charge is 0.496 e. The number of hydrogen-bond acceptors (Lipinski definition) is 5. The van der Waals surface area contributed by atoms with Crippen LogP contribution in [-0.2, 0) is 5.75 Å². The maximum absolute atomic E-state index is 10.8. The number of benzene rings is 2. The number of para-hydroxylation sites is 2. The highest BCUT2D eigenvalue weighted by Crippen LogP contribution is 2.34. The van der Waals surface area contributed by atoms with Crippen molar-refractivity contribution in [2.24, 2.45) is 0 Å². The van der Waals surface area contributed by atoms with Crippen LogP contribution in [0.1, 0.15) is 5.56 Å². The van der Waals surface area contributed by atoms with Gasteiger partial charge >= 0.3 is 0 Å². The van der Waals surface area contributed by atoms with Crippen LogP contribution < -0.4 is 10.5 Å². The van der Waals surface area contributed by atoms with Gasteiger partial charge in [-0.1, -0.05) is 24.3 Å². The Hall–Kier alpha value is -2.21. The Labute approximate surface area is 120 Å². The molecular formula is C14H14N2O3S. The summed E-state index contributed by atoms with van der Waals surface area (Å²) in [6.45, 7) is 0. The van der Waals surface area contributed by atoms with Gasteiger partial charge in [-0.2, -0.15) is 0 Å². The molecule has 0 radical (unpaired) electrons. The highest BCUT2D eigenvalue weighted by Gasteiger charge is 2.14. The fourth-order valence-corrected chi connectivity index (χ4v) is 2.81. The van der Waals surface area contributed by atoms with E-state index in [9.17, 15) is 10.1 Å². The number of nitrogens with two attached hydrogens (primary N) is 1. The van der Waals surface area contributed by atoms with Crippen molar-refractivity contribution in [2.75, 3.05) is 12.8 Å². The molecule has 0 saturated carbocycles. The molecule has 0 unspecified atom stereocenters. The molecule has 2 aromatic rings. The molecular weight excluding hydrogens is 276 g/mol. The van der Waals surface area contributed by atoms with Crippen molar-refractivity contribution in [1.82, 2.24) is 0 Å². The molecule has 0 amide bonds. The van der Waals surface area contributed by atoms with Crippen molar-refractivity contribution >= 4 is 23.1 Å². The third kappa shape index (κ3) is 3.03. The Morgan fingerprint density at radius 3 is 2.70 bits per heavy atom. The molecule has 20 heavy (non-hydrogen) atoms. The number of nitro groups is 1. The van der Waals surface area contributed by atoms with Gasteiger partial charge in [0, 0.05) is 16.7 Å². The lowest BCUT2D eigenvalue weighted by molar-refractivity contribution is -0.383. The minimum absolute atomic E-state index is 0.0527. The zero-order valence-corrected chi connectivity index (χ0v) is 11.7. The Morgan fingerprint density at radius 2 is 2.00 bits per heavy atom. The average molecular weight is 290 g/mol. The standard InChI is InChI=1S/C14H14N2O3S/c1-19-12-7-2-3-8-13(12)20-9-10-5-4-6-11(14(10)15)16(17)18/h2-8H,9,15H2,1H3. The van der Waals surface area contributed by atoms with Crippen LogP contribution >= 0.6 is 11.8 Å². The van der Waals surface area contributed by atoms with E-state index in [1.807, 2.05) is 24.3 Å². The molecule has 2 aromatic carbocycles. The van der Waals surface area contributed by atoms with Crippen LogP contribution in [-0.4, -0.2) is 12.0 Å². The van der Waals surface area contributed by atoms with Gasteiger partial charge in [0.2, 0.25) is 0 Å². The van der Waals surface area contributed by atoms with Gasteiger partial charge in [-0.15, -0.1) is 11.8 Å². The predicted octanol–water partition coefficient (Wildman–Crippen LogP) is 3.48. The van der Waals surface area contributed by atoms with E-state index < -0.39 is 4.92 Å². The summed E-state index contributed by atoms with van der Waals surface area (Å²) >= 11 is 1.53. The van der Waals surface area contributed by atoms with E-state index in [0.717, 1.165) is 16.2 Å². The summed E-state index contributed by atoms with van der Waals surface area (Å²) < 4.78 is 5.27. The molecule has 0 spiro atoms. The maximum atomic E-state index is 10.8. The number of thioether (sulfide) groups is 1. The third-order valence-electron chi connectivity index (χ3n) is 2.82. The number of nitrogen functional groups attached to an aromatic ring is 1. The molecule has 0 aliphatic heterocycles. The first-order valence-electron chi connectivity index (χ1n) is 5.91. The van der Waals surface area contributed by atoms with Gasteiger partial charge < -0.3 is 10.5 Å². The minimum atomic E-state index is -0.466.